The fourth-order valence-electron chi connectivity index (χ4n) is 1.28. The largest absolute Gasteiger partial charge is 0.493 e. The quantitative estimate of drug-likeness (QED) is 0.321. The number of nitrogens with zero attached hydrogens (tertiary/aromatic N) is 1. The summed E-state index contributed by atoms with van der Waals surface area (Å²) < 4.78 is 10.3. The summed E-state index contributed by atoms with van der Waals surface area (Å²) in [6.45, 7) is 4.16. The maximum absolute atomic E-state index is 10.8. The summed E-state index contributed by atoms with van der Waals surface area (Å²) >= 11 is 0. The Balaban J connectivity index is 2.23. The Morgan fingerprint density at radius 2 is 2.06 bits per heavy atom. The summed E-state index contributed by atoms with van der Waals surface area (Å²) in [7, 11) is 1.73. The standard InChI is InChI=1S/C14H17NO3/c1-3-14(16)18-10-4-9-17-13-7-5-12(6-8-13)11-15-2/h3,5-8,11H,1,4,9-10H2,2H3. The van der Waals surface area contributed by atoms with Crippen molar-refractivity contribution >= 4 is 12.2 Å². The van der Waals surface area contributed by atoms with Gasteiger partial charge in [-0.05, 0) is 29.8 Å². The Bertz CT molecular complexity index is 410. The van der Waals surface area contributed by atoms with Crippen LogP contribution in [0, 0.1) is 0 Å². The van der Waals surface area contributed by atoms with Crippen molar-refractivity contribution in [3.05, 3.63) is 42.5 Å². The first kappa shape index (κ1) is 14.0. The number of esters is 1. The van der Waals surface area contributed by atoms with Crippen LogP contribution in [0.3, 0.4) is 0 Å². The van der Waals surface area contributed by atoms with Crippen LogP contribution in [0.2, 0.25) is 0 Å². The molecular weight excluding hydrogens is 230 g/mol. The zero-order valence-electron chi connectivity index (χ0n) is 10.5. The molecule has 0 unspecified atom stereocenters. The van der Waals surface area contributed by atoms with E-state index in [0.717, 1.165) is 17.4 Å². The first-order valence-corrected chi connectivity index (χ1v) is 5.70. The monoisotopic (exact) mass is 247 g/mol. The van der Waals surface area contributed by atoms with Crippen molar-refractivity contribution in [2.24, 2.45) is 4.99 Å². The van der Waals surface area contributed by atoms with E-state index in [1.807, 2.05) is 24.3 Å². The first-order valence-electron chi connectivity index (χ1n) is 5.70. The van der Waals surface area contributed by atoms with Crippen LogP contribution in [-0.2, 0) is 9.53 Å². The molecule has 0 aliphatic rings. The zero-order valence-corrected chi connectivity index (χ0v) is 10.5. The predicted octanol–water partition coefficient (Wildman–Crippen LogP) is 2.23. The maximum atomic E-state index is 10.8. The molecule has 0 spiro atoms. The minimum Gasteiger partial charge on any atom is -0.493 e. The van der Waals surface area contributed by atoms with E-state index < -0.39 is 5.97 Å². The Kier molecular flexibility index (Phi) is 6.25. The molecule has 0 aliphatic heterocycles. The lowest BCUT2D eigenvalue weighted by molar-refractivity contribution is -0.137. The molecular formula is C14H17NO3. The summed E-state index contributed by atoms with van der Waals surface area (Å²) in [5.41, 5.74) is 1.03. The second kappa shape index (κ2) is 8.06. The van der Waals surface area contributed by atoms with Gasteiger partial charge in [0.25, 0.3) is 0 Å². The van der Waals surface area contributed by atoms with Gasteiger partial charge in [0.05, 0.1) is 13.2 Å². The average molecular weight is 247 g/mol. The molecule has 0 aliphatic carbocycles. The van der Waals surface area contributed by atoms with E-state index in [4.69, 9.17) is 9.47 Å². The summed E-state index contributed by atoms with van der Waals surface area (Å²) in [5.74, 6) is 0.386. The number of aliphatic imine (C=N–C) groups is 1. The highest BCUT2D eigenvalue weighted by molar-refractivity contribution is 5.81. The van der Waals surface area contributed by atoms with Crippen LogP contribution in [0.15, 0.2) is 41.9 Å². The number of hydrogen-bond donors (Lipinski definition) is 0. The van der Waals surface area contributed by atoms with E-state index in [1.54, 1.807) is 13.3 Å². The minimum absolute atomic E-state index is 0.339. The van der Waals surface area contributed by atoms with Gasteiger partial charge < -0.3 is 9.47 Å². The summed E-state index contributed by atoms with van der Waals surface area (Å²) in [6, 6.07) is 7.62. The average Bonchev–Trinajstić information content (AvgIpc) is 2.40. The fraction of sp³-hybridized carbons (Fsp3) is 0.286. The predicted molar refractivity (Wildman–Crippen MR) is 71.2 cm³/mol. The topological polar surface area (TPSA) is 47.9 Å². The van der Waals surface area contributed by atoms with Gasteiger partial charge in [0.15, 0.2) is 0 Å². The molecule has 4 heteroatoms. The summed E-state index contributed by atoms with van der Waals surface area (Å²) in [6.07, 6.45) is 3.57. The van der Waals surface area contributed by atoms with E-state index in [0.29, 0.717) is 19.6 Å². The molecule has 18 heavy (non-hydrogen) atoms. The molecule has 4 nitrogen and oxygen atoms in total. The second-order valence-corrected chi connectivity index (χ2v) is 3.53. The highest BCUT2D eigenvalue weighted by atomic mass is 16.5. The maximum Gasteiger partial charge on any atom is 0.330 e. The van der Waals surface area contributed by atoms with E-state index in [9.17, 15) is 4.79 Å². The Labute approximate surface area is 107 Å². The lowest BCUT2D eigenvalue weighted by atomic mass is 10.2. The van der Waals surface area contributed by atoms with Gasteiger partial charge in [-0.3, -0.25) is 4.99 Å². The van der Waals surface area contributed by atoms with E-state index >= 15 is 0 Å². The van der Waals surface area contributed by atoms with Crippen LogP contribution in [0.5, 0.6) is 5.75 Å². The third-order valence-corrected chi connectivity index (χ3v) is 2.13. The lowest BCUT2D eigenvalue weighted by Gasteiger charge is -2.06. The number of benzene rings is 1. The van der Waals surface area contributed by atoms with E-state index in [-0.39, 0.29) is 0 Å². The van der Waals surface area contributed by atoms with Crippen molar-refractivity contribution in [2.45, 2.75) is 6.42 Å². The molecule has 0 radical (unpaired) electrons. The number of ether oxygens (including phenoxy) is 2. The molecule has 0 heterocycles. The highest BCUT2D eigenvalue weighted by Crippen LogP contribution is 2.11. The molecule has 1 aromatic carbocycles. The molecule has 0 aromatic heterocycles. The molecule has 0 amide bonds. The van der Waals surface area contributed by atoms with E-state index in [1.165, 1.54) is 0 Å². The van der Waals surface area contributed by atoms with Gasteiger partial charge in [-0.1, -0.05) is 6.58 Å². The normalized spacial score (nSPS) is 10.3. The van der Waals surface area contributed by atoms with Gasteiger partial charge in [0, 0.05) is 25.8 Å². The Hall–Kier alpha value is -2.10. The van der Waals surface area contributed by atoms with Crippen LogP contribution in [-0.4, -0.2) is 32.4 Å². The molecule has 0 fully saturated rings. The van der Waals surface area contributed by atoms with Crippen molar-refractivity contribution in [3.63, 3.8) is 0 Å². The van der Waals surface area contributed by atoms with Gasteiger partial charge in [0.1, 0.15) is 5.75 Å². The van der Waals surface area contributed by atoms with Crippen molar-refractivity contribution in [3.8, 4) is 5.75 Å². The van der Waals surface area contributed by atoms with Crippen molar-refractivity contribution in [2.75, 3.05) is 20.3 Å². The number of hydrogen-bond acceptors (Lipinski definition) is 4. The van der Waals surface area contributed by atoms with Crippen LogP contribution in [0.25, 0.3) is 0 Å². The SMILES string of the molecule is C=CC(=O)OCCCOc1ccc(C=NC)cc1. The van der Waals surface area contributed by atoms with Crippen LogP contribution < -0.4 is 4.74 Å². The smallest absolute Gasteiger partial charge is 0.330 e. The highest BCUT2D eigenvalue weighted by Gasteiger charge is 1.97. The van der Waals surface area contributed by atoms with Crippen molar-refractivity contribution in [1.29, 1.82) is 0 Å². The van der Waals surface area contributed by atoms with E-state index in [2.05, 4.69) is 11.6 Å². The Morgan fingerprint density at radius 1 is 1.33 bits per heavy atom. The number of carbonyl (C=O) groups is 1. The lowest BCUT2D eigenvalue weighted by Crippen LogP contribution is -2.06. The third kappa shape index (κ3) is 5.30. The third-order valence-electron chi connectivity index (χ3n) is 2.13. The molecule has 0 saturated heterocycles. The molecule has 96 valence electrons. The summed E-state index contributed by atoms with van der Waals surface area (Å²) in [5, 5.41) is 0. The van der Waals surface area contributed by atoms with Crippen LogP contribution in [0.4, 0.5) is 0 Å². The van der Waals surface area contributed by atoms with Gasteiger partial charge in [-0.15, -0.1) is 0 Å². The van der Waals surface area contributed by atoms with Gasteiger partial charge in [-0.2, -0.15) is 0 Å². The van der Waals surface area contributed by atoms with Gasteiger partial charge in [-0.25, -0.2) is 4.79 Å². The number of carbonyl (C=O) groups excluding carboxylic acids is 1. The molecule has 1 aromatic rings. The van der Waals surface area contributed by atoms with Gasteiger partial charge >= 0.3 is 5.97 Å². The number of rotatable bonds is 7. The van der Waals surface area contributed by atoms with Gasteiger partial charge in [0.2, 0.25) is 0 Å². The van der Waals surface area contributed by atoms with Crippen LogP contribution in [0.1, 0.15) is 12.0 Å². The molecule has 0 N–H and O–H groups in total. The second-order valence-electron chi connectivity index (χ2n) is 3.53. The minimum atomic E-state index is -0.404. The molecule has 1 rings (SSSR count). The molecule has 0 saturated carbocycles. The summed E-state index contributed by atoms with van der Waals surface area (Å²) in [4.78, 5) is 14.7. The van der Waals surface area contributed by atoms with Crippen molar-refractivity contribution < 1.29 is 14.3 Å². The van der Waals surface area contributed by atoms with Crippen LogP contribution >= 0.6 is 0 Å². The zero-order chi connectivity index (χ0) is 13.2. The van der Waals surface area contributed by atoms with Crippen molar-refractivity contribution in [1.82, 2.24) is 0 Å². The fourth-order valence-corrected chi connectivity index (χ4v) is 1.28. The molecule has 0 atom stereocenters. The Morgan fingerprint density at radius 3 is 2.67 bits per heavy atom. The first-order chi connectivity index (χ1) is 8.76. The molecule has 0 bridgehead atoms.